The quantitative estimate of drug-likeness (QED) is 0.394. The smallest absolute Gasteiger partial charge is 0.253 e. The second kappa shape index (κ2) is 5.24. The van der Waals surface area contributed by atoms with Gasteiger partial charge in [0.1, 0.15) is 29.6 Å². The van der Waals surface area contributed by atoms with Gasteiger partial charge in [0.15, 0.2) is 5.16 Å². The molecule has 0 aromatic carbocycles. The van der Waals surface area contributed by atoms with Gasteiger partial charge in [-0.2, -0.15) is 0 Å². The molecule has 9 heteroatoms. The van der Waals surface area contributed by atoms with Crippen LogP contribution in [0.15, 0.2) is 16.0 Å². The van der Waals surface area contributed by atoms with Crippen molar-refractivity contribution < 1.29 is 20.1 Å². The number of aliphatic hydroxyl groups is 3. The van der Waals surface area contributed by atoms with E-state index in [1.54, 1.807) is 0 Å². The minimum absolute atomic E-state index is 0.0491. The number of H-pyrrole nitrogens is 1. The van der Waals surface area contributed by atoms with Crippen LogP contribution in [0, 0.1) is 0 Å². The fraction of sp³-hybridized carbons (Fsp3) is 0.556. The molecule has 100 valence electrons. The van der Waals surface area contributed by atoms with E-state index in [9.17, 15) is 15.0 Å². The number of aromatic amines is 1. The van der Waals surface area contributed by atoms with Crippen molar-refractivity contribution in [3.63, 3.8) is 0 Å². The molecule has 2 rings (SSSR count). The molecule has 0 amide bonds. The van der Waals surface area contributed by atoms with Crippen LogP contribution in [0.25, 0.3) is 0 Å². The SMILES string of the molecule is Nc1cc(=O)[nH]c(S[C@@H]2O[C@H](CO)[C@@H](O)[C@H]2O)n1. The molecule has 0 bridgehead atoms. The first kappa shape index (κ1) is 13.3. The Bertz CT molecular complexity index is 482. The van der Waals surface area contributed by atoms with Crippen LogP contribution in [0.1, 0.15) is 0 Å². The first-order valence-corrected chi connectivity index (χ1v) is 6.05. The van der Waals surface area contributed by atoms with Crippen molar-refractivity contribution >= 4 is 17.6 Å². The summed E-state index contributed by atoms with van der Waals surface area (Å²) in [6, 6.07) is 1.13. The van der Waals surface area contributed by atoms with Crippen molar-refractivity contribution in [1.29, 1.82) is 0 Å². The van der Waals surface area contributed by atoms with Crippen molar-refractivity contribution in [2.45, 2.75) is 28.9 Å². The number of aliphatic hydroxyl groups excluding tert-OH is 3. The standard InChI is InChI=1S/C9H13N3O5S/c10-4-1-5(14)12-9(11-4)18-8-7(16)6(15)3(2-13)17-8/h1,3,6-8,13,15-16H,2H2,(H3,10,11,12,14)/t3-,6-,7-,8+/m1/s1. The summed E-state index contributed by atoms with van der Waals surface area (Å²) in [5.41, 5.74) is 4.16. The summed E-state index contributed by atoms with van der Waals surface area (Å²) in [6.07, 6.45) is -3.22. The van der Waals surface area contributed by atoms with Gasteiger partial charge in [-0.15, -0.1) is 0 Å². The predicted octanol–water partition coefficient (Wildman–Crippen LogP) is -2.12. The number of anilines is 1. The van der Waals surface area contributed by atoms with Crippen LogP contribution in [0.4, 0.5) is 5.82 Å². The summed E-state index contributed by atoms with van der Waals surface area (Å²) in [6.45, 7) is -0.407. The van der Waals surface area contributed by atoms with Gasteiger partial charge in [0.25, 0.3) is 5.56 Å². The Labute approximate surface area is 106 Å². The van der Waals surface area contributed by atoms with E-state index in [4.69, 9.17) is 15.6 Å². The Morgan fingerprint density at radius 3 is 2.78 bits per heavy atom. The number of hydrogen-bond acceptors (Lipinski definition) is 8. The van der Waals surface area contributed by atoms with Gasteiger partial charge >= 0.3 is 0 Å². The molecule has 0 spiro atoms. The zero-order chi connectivity index (χ0) is 13.3. The summed E-state index contributed by atoms with van der Waals surface area (Å²) in [4.78, 5) is 17.5. The van der Waals surface area contributed by atoms with E-state index in [0.29, 0.717) is 0 Å². The maximum absolute atomic E-state index is 11.2. The molecule has 0 unspecified atom stereocenters. The molecular formula is C9H13N3O5S. The molecule has 0 aliphatic carbocycles. The zero-order valence-electron chi connectivity index (χ0n) is 9.18. The molecule has 0 radical (unpaired) electrons. The van der Waals surface area contributed by atoms with Gasteiger partial charge in [-0.3, -0.25) is 4.79 Å². The molecule has 18 heavy (non-hydrogen) atoms. The summed E-state index contributed by atoms with van der Waals surface area (Å²) < 4.78 is 5.23. The van der Waals surface area contributed by atoms with Crippen molar-refractivity contribution in [1.82, 2.24) is 9.97 Å². The third-order valence-electron chi connectivity index (χ3n) is 2.47. The largest absolute Gasteiger partial charge is 0.394 e. The molecule has 1 aliphatic rings. The average molecular weight is 275 g/mol. The minimum Gasteiger partial charge on any atom is -0.394 e. The molecule has 8 nitrogen and oxygen atoms in total. The van der Waals surface area contributed by atoms with Crippen molar-refractivity contribution in [3.8, 4) is 0 Å². The highest BCUT2D eigenvalue weighted by Crippen LogP contribution is 2.32. The Hall–Kier alpha value is -1.13. The van der Waals surface area contributed by atoms with Crippen LogP contribution >= 0.6 is 11.8 Å². The predicted molar refractivity (Wildman–Crippen MR) is 62.9 cm³/mol. The van der Waals surface area contributed by atoms with Gasteiger partial charge in [0.2, 0.25) is 0 Å². The van der Waals surface area contributed by atoms with Gasteiger partial charge < -0.3 is 30.8 Å². The van der Waals surface area contributed by atoms with Crippen LogP contribution in [-0.4, -0.2) is 55.6 Å². The summed E-state index contributed by atoms with van der Waals surface area (Å²) in [5, 5.41) is 28.4. The number of aromatic nitrogens is 2. The van der Waals surface area contributed by atoms with Crippen molar-refractivity contribution in [2.75, 3.05) is 12.3 Å². The van der Waals surface area contributed by atoms with E-state index in [-0.39, 0.29) is 11.0 Å². The molecular weight excluding hydrogens is 262 g/mol. The van der Waals surface area contributed by atoms with Crippen LogP contribution in [-0.2, 0) is 4.74 Å². The minimum atomic E-state index is -1.18. The topological polar surface area (TPSA) is 142 Å². The highest BCUT2D eigenvalue weighted by Gasteiger charge is 2.43. The summed E-state index contributed by atoms with van der Waals surface area (Å²) >= 11 is 0.921. The second-order valence-electron chi connectivity index (χ2n) is 3.80. The Kier molecular flexibility index (Phi) is 3.88. The number of nitrogens with two attached hydrogens (primary N) is 1. The number of ether oxygens (including phenoxy) is 1. The fourth-order valence-corrected chi connectivity index (χ4v) is 2.62. The van der Waals surface area contributed by atoms with Crippen molar-refractivity contribution in [3.05, 3.63) is 16.4 Å². The van der Waals surface area contributed by atoms with Gasteiger partial charge in [-0.1, -0.05) is 11.8 Å². The molecule has 1 aromatic rings. The number of nitrogens with one attached hydrogen (secondary N) is 1. The van der Waals surface area contributed by atoms with Gasteiger partial charge in [-0.25, -0.2) is 4.98 Å². The normalized spacial score (nSPS) is 31.7. The molecule has 0 saturated carbocycles. The third kappa shape index (κ3) is 2.65. The highest BCUT2D eigenvalue weighted by atomic mass is 32.2. The van der Waals surface area contributed by atoms with Crippen LogP contribution in [0.3, 0.4) is 0 Å². The molecule has 6 N–H and O–H groups in total. The van der Waals surface area contributed by atoms with Gasteiger partial charge in [0, 0.05) is 6.07 Å². The Morgan fingerprint density at radius 2 is 2.22 bits per heavy atom. The van der Waals surface area contributed by atoms with Crippen LogP contribution < -0.4 is 11.3 Å². The number of nitrogen functional groups attached to an aromatic ring is 1. The molecule has 2 heterocycles. The molecule has 1 aliphatic heterocycles. The van der Waals surface area contributed by atoms with E-state index in [2.05, 4.69) is 9.97 Å². The van der Waals surface area contributed by atoms with Crippen LogP contribution in [0.5, 0.6) is 0 Å². The van der Waals surface area contributed by atoms with Gasteiger partial charge in [-0.05, 0) is 0 Å². The lowest BCUT2D eigenvalue weighted by atomic mass is 10.2. The number of rotatable bonds is 3. The monoisotopic (exact) mass is 275 g/mol. The Balaban J connectivity index is 2.12. The molecule has 1 saturated heterocycles. The lowest BCUT2D eigenvalue weighted by molar-refractivity contribution is -0.00810. The lowest BCUT2D eigenvalue weighted by Crippen LogP contribution is -2.33. The number of hydrogen-bond donors (Lipinski definition) is 5. The second-order valence-corrected chi connectivity index (χ2v) is 4.89. The first-order valence-electron chi connectivity index (χ1n) is 5.17. The summed E-state index contributed by atoms with van der Waals surface area (Å²) in [7, 11) is 0. The van der Waals surface area contributed by atoms with Gasteiger partial charge in [0.05, 0.1) is 6.61 Å². The van der Waals surface area contributed by atoms with E-state index >= 15 is 0 Å². The van der Waals surface area contributed by atoms with Crippen LogP contribution in [0.2, 0.25) is 0 Å². The zero-order valence-corrected chi connectivity index (χ0v) is 10.0. The summed E-state index contributed by atoms with van der Waals surface area (Å²) in [5.74, 6) is 0.0491. The average Bonchev–Trinajstić information content (AvgIpc) is 2.55. The molecule has 1 fully saturated rings. The molecule has 4 atom stereocenters. The fourth-order valence-electron chi connectivity index (χ4n) is 1.58. The molecule has 1 aromatic heterocycles. The number of nitrogens with zero attached hydrogens (tertiary/aromatic N) is 1. The Morgan fingerprint density at radius 1 is 1.50 bits per heavy atom. The number of thioether (sulfide) groups is 1. The van der Waals surface area contributed by atoms with Crippen molar-refractivity contribution in [2.24, 2.45) is 0 Å². The van der Waals surface area contributed by atoms with E-state index in [0.717, 1.165) is 17.8 Å². The highest BCUT2D eigenvalue weighted by molar-refractivity contribution is 7.99. The van der Waals surface area contributed by atoms with E-state index < -0.39 is 35.9 Å². The van der Waals surface area contributed by atoms with E-state index in [1.807, 2.05) is 0 Å². The van der Waals surface area contributed by atoms with E-state index in [1.165, 1.54) is 0 Å². The maximum Gasteiger partial charge on any atom is 0.253 e. The lowest BCUT2D eigenvalue weighted by Gasteiger charge is -2.13. The first-order chi connectivity index (χ1) is 8.51. The maximum atomic E-state index is 11.2. The third-order valence-corrected chi connectivity index (χ3v) is 3.50.